The fraction of sp³-hybridized carbons (Fsp3) is 0.778. The largest absolute Gasteiger partial charge is 0.357 e. The summed E-state index contributed by atoms with van der Waals surface area (Å²) in [6.45, 7) is 8.46. The molecule has 0 bridgehead atoms. The quantitative estimate of drug-likeness (QED) is 0.508. The van der Waals surface area contributed by atoms with Gasteiger partial charge in [0.15, 0.2) is 5.96 Å². The van der Waals surface area contributed by atoms with Crippen LogP contribution in [0.2, 0.25) is 0 Å². The van der Waals surface area contributed by atoms with Gasteiger partial charge in [0.25, 0.3) is 0 Å². The van der Waals surface area contributed by atoms with Gasteiger partial charge in [-0.25, -0.2) is 4.98 Å². The van der Waals surface area contributed by atoms with Crippen LogP contribution >= 0.6 is 11.3 Å². The first-order valence-corrected chi connectivity index (χ1v) is 10.0. The third-order valence-corrected chi connectivity index (χ3v) is 6.24. The second-order valence-electron chi connectivity index (χ2n) is 7.10. The van der Waals surface area contributed by atoms with Crippen LogP contribution in [0.3, 0.4) is 0 Å². The lowest BCUT2D eigenvalue weighted by molar-refractivity contribution is 0.309. The molecule has 1 saturated heterocycles. The van der Waals surface area contributed by atoms with Crippen molar-refractivity contribution in [2.24, 2.45) is 10.4 Å². The Morgan fingerprint density at radius 2 is 2.22 bits per heavy atom. The van der Waals surface area contributed by atoms with E-state index in [0.717, 1.165) is 37.6 Å². The van der Waals surface area contributed by atoms with Crippen molar-refractivity contribution in [3.05, 3.63) is 16.1 Å². The monoisotopic (exact) mass is 334 g/mol. The van der Waals surface area contributed by atoms with E-state index in [1.165, 1.54) is 50.2 Å². The van der Waals surface area contributed by atoms with E-state index < -0.39 is 0 Å². The van der Waals surface area contributed by atoms with Gasteiger partial charge in [-0.3, -0.25) is 4.99 Å². The predicted octanol–water partition coefficient (Wildman–Crippen LogP) is 3.62. The summed E-state index contributed by atoms with van der Waals surface area (Å²) >= 11 is 1.77. The molecule has 2 fully saturated rings. The molecule has 3 rings (SSSR count). The van der Waals surface area contributed by atoms with Gasteiger partial charge in [0.05, 0.1) is 5.01 Å². The molecule has 1 aromatic rings. The number of guanidine groups is 1. The molecule has 2 aliphatic rings. The van der Waals surface area contributed by atoms with E-state index in [2.05, 4.69) is 34.4 Å². The molecule has 0 amide bonds. The highest BCUT2D eigenvalue weighted by Gasteiger charge is 2.40. The molecular weight excluding hydrogens is 304 g/mol. The maximum Gasteiger partial charge on any atom is 0.193 e. The Morgan fingerprint density at radius 1 is 1.39 bits per heavy atom. The number of nitrogens with zero attached hydrogens (tertiary/aromatic N) is 3. The maximum atomic E-state index is 4.88. The number of rotatable bonds is 5. The molecule has 0 aromatic carbocycles. The van der Waals surface area contributed by atoms with Crippen LogP contribution in [0, 0.1) is 12.3 Å². The van der Waals surface area contributed by atoms with Crippen molar-refractivity contribution >= 4 is 17.3 Å². The molecule has 1 spiro atoms. The average molecular weight is 335 g/mol. The molecule has 0 radical (unpaired) electrons. The van der Waals surface area contributed by atoms with E-state index in [1.54, 1.807) is 11.3 Å². The fourth-order valence-electron chi connectivity index (χ4n) is 4.01. The van der Waals surface area contributed by atoms with E-state index in [-0.39, 0.29) is 0 Å². The zero-order chi connectivity index (χ0) is 16.1. The summed E-state index contributed by atoms with van der Waals surface area (Å²) < 4.78 is 0. The molecule has 1 aromatic heterocycles. The SMILES string of the molecule is CCNC(=NCCCc1nc(C)cs1)N1CCC2(CCCC2)C1. The number of aromatic nitrogens is 1. The molecule has 0 unspecified atom stereocenters. The fourth-order valence-corrected chi connectivity index (χ4v) is 4.83. The molecule has 1 N–H and O–H groups in total. The van der Waals surface area contributed by atoms with E-state index in [9.17, 15) is 0 Å². The normalized spacial score (nSPS) is 20.6. The molecule has 2 heterocycles. The smallest absolute Gasteiger partial charge is 0.193 e. The van der Waals surface area contributed by atoms with Crippen LogP contribution in [0.1, 0.15) is 56.2 Å². The minimum absolute atomic E-state index is 0.606. The van der Waals surface area contributed by atoms with Gasteiger partial charge >= 0.3 is 0 Å². The van der Waals surface area contributed by atoms with Gasteiger partial charge in [-0.05, 0) is 44.9 Å². The molecule has 128 valence electrons. The maximum absolute atomic E-state index is 4.88. The van der Waals surface area contributed by atoms with Crippen LogP contribution in [0.4, 0.5) is 0 Å². The van der Waals surface area contributed by atoms with E-state index in [0.29, 0.717) is 5.41 Å². The molecule has 23 heavy (non-hydrogen) atoms. The van der Waals surface area contributed by atoms with Gasteiger partial charge in [0, 0.05) is 43.7 Å². The van der Waals surface area contributed by atoms with Gasteiger partial charge in [0.1, 0.15) is 0 Å². The van der Waals surface area contributed by atoms with Crippen molar-refractivity contribution in [3.8, 4) is 0 Å². The molecule has 4 nitrogen and oxygen atoms in total. The van der Waals surface area contributed by atoms with E-state index in [1.807, 2.05) is 0 Å². The van der Waals surface area contributed by atoms with E-state index >= 15 is 0 Å². The van der Waals surface area contributed by atoms with Crippen molar-refractivity contribution in [3.63, 3.8) is 0 Å². The zero-order valence-corrected chi connectivity index (χ0v) is 15.4. The summed E-state index contributed by atoms with van der Waals surface area (Å²) in [5, 5.41) is 6.87. The number of aliphatic imine (C=N–C) groups is 1. The summed E-state index contributed by atoms with van der Waals surface area (Å²) in [6, 6.07) is 0. The number of nitrogens with one attached hydrogen (secondary N) is 1. The average Bonchev–Trinajstić information content (AvgIpc) is 3.26. The van der Waals surface area contributed by atoms with Crippen molar-refractivity contribution in [1.29, 1.82) is 0 Å². The Bertz CT molecular complexity index is 531. The second kappa shape index (κ2) is 7.65. The highest BCUT2D eigenvalue weighted by molar-refractivity contribution is 7.09. The number of thiazole rings is 1. The number of likely N-dealkylation sites (tertiary alicyclic amines) is 1. The zero-order valence-electron chi connectivity index (χ0n) is 14.6. The topological polar surface area (TPSA) is 40.5 Å². The summed E-state index contributed by atoms with van der Waals surface area (Å²) in [6.07, 6.45) is 9.18. The summed E-state index contributed by atoms with van der Waals surface area (Å²) in [4.78, 5) is 11.9. The molecule has 1 saturated carbocycles. The van der Waals surface area contributed by atoms with Crippen LogP contribution in [-0.2, 0) is 6.42 Å². The number of aryl methyl sites for hydroxylation is 2. The molecular formula is C18H30N4S. The van der Waals surface area contributed by atoms with Gasteiger partial charge < -0.3 is 10.2 Å². The lowest BCUT2D eigenvalue weighted by Crippen LogP contribution is -2.41. The van der Waals surface area contributed by atoms with Crippen LogP contribution in [0.5, 0.6) is 0 Å². The third kappa shape index (κ3) is 4.25. The highest BCUT2D eigenvalue weighted by atomic mass is 32.1. The lowest BCUT2D eigenvalue weighted by atomic mass is 9.86. The molecule has 1 aliphatic carbocycles. The van der Waals surface area contributed by atoms with Crippen molar-refractivity contribution in [2.45, 2.75) is 58.8 Å². The van der Waals surface area contributed by atoms with Crippen LogP contribution in [-0.4, -0.2) is 42.0 Å². The Morgan fingerprint density at radius 3 is 2.91 bits per heavy atom. The van der Waals surface area contributed by atoms with Crippen molar-refractivity contribution in [1.82, 2.24) is 15.2 Å². The standard InChI is InChI=1S/C18H30N4S/c1-3-19-17(20-11-6-7-16-21-15(2)13-23-16)22-12-10-18(14-22)8-4-5-9-18/h13H,3-12,14H2,1-2H3,(H,19,20). The van der Waals surface area contributed by atoms with Gasteiger partial charge in [0.2, 0.25) is 0 Å². The van der Waals surface area contributed by atoms with Gasteiger partial charge in [-0.15, -0.1) is 11.3 Å². The molecule has 0 atom stereocenters. The first kappa shape index (κ1) is 16.7. The van der Waals surface area contributed by atoms with Crippen molar-refractivity contribution in [2.75, 3.05) is 26.2 Å². The summed E-state index contributed by atoms with van der Waals surface area (Å²) in [7, 11) is 0. The van der Waals surface area contributed by atoms with Gasteiger partial charge in [-0.2, -0.15) is 0 Å². The summed E-state index contributed by atoms with van der Waals surface area (Å²) in [5.41, 5.74) is 1.75. The van der Waals surface area contributed by atoms with Crippen molar-refractivity contribution < 1.29 is 0 Å². The second-order valence-corrected chi connectivity index (χ2v) is 8.04. The van der Waals surface area contributed by atoms with Crippen LogP contribution in [0.25, 0.3) is 0 Å². The molecule has 5 heteroatoms. The Labute approximate surface area is 144 Å². The van der Waals surface area contributed by atoms with Crippen LogP contribution in [0.15, 0.2) is 10.4 Å². The Hall–Kier alpha value is -1.10. The summed E-state index contributed by atoms with van der Waals surface area (Å²) in [5.74, 6) is 1.13. The Kier molecular flexibility index (Phi) is 5.57. The number of hydrogen-bond acceptors (Lipinski definition) is 3. The Balaban J connectivity index is 1.51. The van der Waals surface area contributed by atoms with Gasteiger partial charge in [-0.1, -0.05) is 12.8 Å². The minimum Gasteiger partial charge on any atom is -0.357 e. The minimum atomic E-state index is 0.606. The first-order valence-electron chi connectivity index (χ1n) is 9.15. The third-order valence-electron chi connectivity index (χ3n) is 5.21. The lowest BCUT2D eigenvalue weighted by Gasteiger charge is -2.26. The first-order chi connectivity index (χ1) is 11.2. The predicted molar refractivity (Wildman–Crippen MR) is 98.2 cm³/mol. The molecule has 1 aliphatic heterocycles. The number of hydrogen-bond donors (Lipinski definition) is 1. The van der Waals surface area contributed by atoms with Crippen LogP contribution < -0.4 is 5.32 Å². The highest BCUT2D eigenvalue weighted by Crippen LogP contribution is 2.45. The van der Waals surface area contributed by atoms with E-state index in [4.69, 9.17) is 4.99 Å².